The summed E-state index contributed by atoms with van der Waals surface area (Å²) in [6.07, 6.45) is 3.21. The van der Waals surface area contributed by atoms with Gasteiger partial charge in [-0.25, -0.2) is 4.98 Å². The lowest BCUT2D eigenvalue weighted by Crippen LogP contribution is -2.28. The number of amides is 1. The molecule has 1 aromatic rings. The Labute approximate surface area is 103 Å². The van der Waals surface area contributed by atoms with Gasteiger partial charge in [0.05, 0.1) is 6.10 Å². The van der Waals surface area contributed by atoms with E-state index in [1.165, 1.54) is 0 Å². The fraction of sp³-hybridized carbons (Fsp3) is 0.455. The summed E-state index contributed by atoms with van der Waals surface area (Å²) in [5.74, 6) is 0.440. The van der Waals surface area contributed by atoms with Gasteiger partial charge in [0, 0.05) is 10.7 Å². The number of carbonyl (C=O) groups excluding carboxylic acids is 1. The minimum Gasteiger partial charge on any atom is -0.365 e. The normalized spacial score (nSPS) is 24.4. The smallest absolute Gasteiger partial charge is 0.254 e. The molecule has 1 fully saturated rings. The quantitative estimate of drug-likeness (QED) is 0.907. The van der Waals surface area contributed by atoms with E-state index in [4.69, 9.17) is 4.74 Å². The average molecular weight is 285 g/mol. The minimum atomic E-state index is -0.333. The van der Waals surface area contributed by atoms with Gasteiger partial charge in [0.1, 0.15) is 11.9 Å². The second-order valence-electron chi connectivity index (χ2n) is 3.86. The lowest BCUT2D eigenvalue weighted by molar-refractivity contribution is -0.126. The second kappa shape index (κ2) is 4.93. The molecule has 1 aromatic heterocycles. The van der Waals surface area contributed by atoms with Gasteiger partial charge in [-0.2, -0.15) is 0 Å². The van der Waals surface area contributed by atoms with E-state index in [-0.39, 0.29) is 18.1 Å². The SMILES string of the molecule is CC1CCC(C(=O)Nc2ccc(Br)cn2)O1. The van der Waals surface area contributed by atoms with E-state index < -0.39 is 0 Å². The van der Waals surface area contributed by atoms with Gasteiger partial charge in [0.25, 0.3) is 5.91 Å². The van der Waals surface area contributed by atoms with Crippen molar-refractivity contribution in [2.75, 3.05) is 5.32 Å². The highest BCUT2D eigenvalue weighted by atomic mass is 79.9. The highest BCUT2D eigenvalue weighted by Crippen LogP contribution is 2.20. The van der Waals surface area contributed by atoms with Crippen LogP contribution >= 0.6 is 15.9 Å². The third-order valence-electron chi connectivity index (χ3n) is 2.50. The van der Waals surface area contributed by atoms with Crippen molar-refractivity contribution in [3.63, 3.8) is 0 Å². The molecular weight excluding hydrogens is 272 g/mol. The number of carbonyl (C=O) groups is 1. The van der Waals surface area contributed by atoms with E-state index in [2.05, 4.69) is 26.2 Å². The molecule has 2 rings (SSSR count). The number of nitrogens with zero attached hydrogens (tertiary/aromatic N) is 1. The van der Waals surface area contributed by atoms with Crippen LogP contribution < -0.4 is 5.32 Å². The van der Waals surface area contributed by atoms with Crippen LogP contribution in [0.1, 0.15) is 19.8 Å². The monoisotopic (exact) mass is 284 g/mol. The topological polar surface area (TPSA) is 51.2 Å². The predicted octanol–water partition coefficient (Wildman–Crippen LogP) is 2.35. The molecule has 1 aliphatic rings. The van der Waals surface area contributed by atoms with Gasteiger partial charge in [0.15, 0.2) is 0 Å². The molecule has 0 aromatic carbocycles. The molecule has 1 amide bonds. The molecule has 86 valence electrons. The number of hydrogen-bond donors (Lipinski definition) is 1. The van der Waals surface area contributed by atoms with E-state index in [1.807, 2.05) is 13.0 Å². The van der Waals surface area contributed by atoms with Crippen LogP contribution in [-0.2, 0) is 9.53 Å². The first-order valence-electron chi connectivity index (χ1n) is 5.23. The van der Waals surface area contributed by atoms with E-state index in [0.717, 1.165) is 17.3 Å². The molecular formula is C11H13BrN2O2. The summed E-state index contributed by atoms with van der Waals surface area (Å²) in [4.78, 5) is 15.8. The number of nitrogens with one attached hydrogen (secondary N) is 1. The number of hydrogen-bond acceptors (Lipinski definition) is 3. The Kier molecular flexibility index (Phi) is 3.56. The molecule has 1 aliphatic heterocycles. The van der Waals surface area contributed by atoms with E-state index >= 15 is 0 Å². The fourth-order valence-electron chi connectivity index (χ4n) is 1.65. The zero-order valence-corrected chi connectivity index (χ0v) is 10.5. The molecule has 4 nitrogen and oxygen atoms in total. The van der Waals surface area contributed by atoms with Crippen LogP contribution in [0.5, 0.6) is 0 Å². The van der Waals surface area contributed by atoms with Crippen molar-refractivity contribution < 1.29 is 9.53 Å². The highest BCUT2D eigenvalue weighted by molar-refractivity contribution is 9.10. The lowest BCUT2D eigenvalue weighted by atomic mass is 10.2. The molecule has 2 heterocycles. The van der Waals surface area contributed by atoms with Crippen molar-refractivity contribution in [1.82, 2.24) is 4.98 Å². The van der Waals surface area contributed by atoms with Crippen molar-refractivity contribution in [3.05, 3.63) is 22.8 Å². The van der Waals surface area contributed by atoms with E-state index in [0.29, 0.717) is 5.82 Å². The zero-order valence-electron chi connectivity index (χ0n) is 8.94. The van der Waals surface area contributed by atoms with Crippen LogP contribution in [0.4, 0.5) is 5.82 Å². The number of pyridine rings is 1. The van der Waals surface area contributed by atoms with Crippen molar-refractivity contribution in [2.24, 2.45) is 0 Å². The predicted molar refractivity (Wildman–Crippen MR) is 64.1 cm³/mol. The second-order valence-corrected chi connectivity index (χ2v) is 4.78. The van der Waals surface area contributed by atoms with Crippen LogP contribution in [-0.4, -0.2) is 23.1 Å². The third kappa shape index (κ3) is 2.80. The fourth-order valence-corrected chi connectivity index (χ4v) is 1.89. The zero-order chi connectivity index (χ0) is 11.5. The Morgan fingerprint density at radius 3 is 2.94 bits per heavy atom. The summed E-state index contributed by atoms with van der Waals surface area (Å²) in [5, 5.41) is 2.74. The van der Waals surface area contributed by atoms with Gasteiger partial charge in [-0.05, 0) is 47.8 Å². The van der Waals surface area contributed by atoms with Crippen molar-refractivity contribution in [1.29, 1.82) is 0 Å². The largest absolute Gasteiger partial charge is 0.365 e. The molecule has 0 bridgehead atoms. The van der Waals surface area contributed by atoms with Crippen molar-refractivity contribution in [2.45, 2.75) is 32.0 Å². The molecule has 5 heteroatoms. The van der Waals surface area contributed by atoms with Gasteiger partial charge >= 0.3 is 0 Å². The van der Waals surface area contributed by atoms with Gasteiger partial charge in [-0.15, -0.1) is 0 Å². The maximum atomic E-state index is 11.8. The Bertz CT molecular complexity index is 380. The summed E-state index contributed by atoms with van der Waals surface area (Å²) < 4.78 is 6.36. The first-order valence-corrected chi connectivity index (χ1v) is 6.02. The highest BCUT2D eigenvalue weighted by Gasteiger charge is 2.28. The first-order chi connectivity index (χ1) is 7.65. The van der Waals surface area contributed by atoms with Crippen LogP contribution in [0.3, 0.4) is 0 Å². The van der Waals surface area contributed by atoms with Crippen LogP contribution in [0, 0.1) is 0 Å². The standard InChI is InChI=1S/C11H13BrN2O2/c1-7-2-4-9(16-7)11(15)14-10-5-3-8(12)6-13-10/h3,5-7,9H,2,4H2,1H3,(H,13,14,15). The number of ether oxygens (including phenoxy) is 1. The maximum Gasteiger partial charge on any atom is 0.254 e. The summed E-state index contributed by atoms with van der Waals surface area (Å²) >= 11 is 3.29. The molecule has 0 aliphatic carbocycles. The van der Waals surface area contributed by atoms with E-state index in [9.17, 15) is 4.79 Å². The Balaban J connectivity index is 1.94. The van der Waals surface area contributed by atoms with Gasteiger partial charge in [0.2, 0.25) is 0 Å². The Morgan fingerprint density at radius 2 is 2.38 bits per heavy atom. The molecule has 2 atom stereocenters. The maximum absolute atomic E-state index is 11.8. The molecule has 0 saturated carbocycles. The first kappa shape index (κ1) is 11.5. The van der Waals surface area contributed by atoms with Crippen LogP contribution in [0.15, 0.2) is 22.8 Å². The molecule has 0 radical (unpaired) electrons. The summed E-state index contributed by atoms with van der Waals surface area (Å²) in [6, 6.07) is 3.58. The summed E-state index contributed by atoms with van der Waals surface area (Å²) in [5.41, 5.74) is 0. The van der Waals surface area contributed by atoms with Gasteiger partial charge in [-0.3, -0.25) is 4.79 Å². The molecule has 16 heavy (non-hydrogen) atoms. The Morgan fingerprint density at radius 1 is 1.56 bits per heavy atom. The molecule has 0 spiro atoms. The van der Waals surface area contributed by atoms with Gasteiger partial charge < -0.3 is 10.1 Å². The number of aromatic nitrogens is 1. The number of anilines is 1. The Hall–Kier alpha value is -0.940. The minimum absolute atomic E-state index is 0.112. The molecule has 2 unspecified atom stereocenters. The van der Waals surface area contributed by atoms with Crippen molar-refractivity contribution >= 4 is 27.7 Å². The van der Waals surface area contributed by atoms with E-state index in [1.54, 1.807) is 12.3 Å². The average Bonchev–Trinajstić information content (AvgIpc) is 2.68. The molecule has 1 saturated heterocycles. The summed E-state index contributed by atoms with van der Waals surface area (Å²) in [7, 11) is 0. The van der Waals surface area contributed by atoms with Gasteiger partial charge in [-0.1, -0.05) is 0 Å². The number of halogens is 1. The summed E-state index contributed by atoms with van der Waals surface area (Å²) in [6.45, 7) is 1.98. The van der Waals surface area contributed by atoms with Crippen LogP contribution in [0.25, 0.3) is 0 Å². The van der Waals surface area contributed by atoms with Crippen LogP contribution in [0.2, 0.25) is 0 Å². The third-order valence-corrected chi connectivity index (χ3v) is 2.97. The lowest BCUT2D eigenvalue weighted by Gasteiger charge is -2.10. The van der Waals surface area contributed by atoms with Crippen molar-refractivity contribution in [3.8, 4) is 0 Å². The molecule has 1 N–H and O–H groups in total. The number of rotatable bonds is 2.